The minimum Gasteiger partial charge on any atom is -0.353 e. The van der Waals surface area contributed by atoms with Gasteiger partial charge in [0.05, 0.1) is 11.1 Å². The molecule has 0 radical (unpaired) electrons. The summed E-state index contributed by atoms with van der Waals surface area (Å²) in [6.45, 7) is 12.9. The number of carbonyl (C=O) groups excluding carboxylic acids is 1. The summed E-state index contributed by atoms with van der Waals surface area (Å²) < 4.78 is 1.74. The Kier molecular flexibility index (Phi) is 7.29. The van der Waals surface area contributed by atoms with Crippen molar-refractivity contribution in [3.05, 3.63) is 20.8 Å². The Labute approximate surface area is 163 Å². The third kappa shape index (κ3) is 4.68. The fraction of sp³-hybridized carbons (Fsp3) is 0.632. The Hall–Kier alpha value is -1.34. The average molecular weight is 396 g/mol. The van der Waals surface area contributed by atoms with Crippen LogP contribution in [-0.2, 0) is 11.3 Å². The van der Waals surface area contributed by atoms with Crippen LogP contribution >= 0.6 is 23.1 Å². The van der Waals surface area contributed by atoms with E-state index in [9.17, 15) is 9.59 Å². The van der Waals surface area contributed by atoms with Crippen molar-refractivity contribution in [2.24, 2.45) is 5.92 Å². The number of thioether (sulfide) groups is 1. The lowest BCUT2D eigenvalue weighted by Gasteiger charge is -2.17. The Balaban J connectivity index is 2.30. The first kappa shape index (κ1) is 21.0. The number of unbranched alkanes of at least 4 members (excludes halogenated alkanes) is 1. The number of hydrogen-bond acceptors (Lipinski definition) is 5. The SMILES string of the molecule is CCCCn1c(SCC(=O)NC(C)C(C)C)nc2sc(C)c(C)c2c1=O. The summed E-state index contributed by atoms with van der Waals surface area (Å²) in [5.74, 6) is 0.633. The van der Waals surface area contributed by atoms with Crippen molar-refractivity contribution in [3.63, 3.8) is 0 Å². The van der Waals surface area contributed by atoms with Gasteiger partial charge in [0, 0.05) is 17.5 Å². The monoisotopic (exact) mass is 395 g/mol. The van der Waals surface area contributed by atoms with Crippen molar-refractivity contribution >= 4 is 39.2 Å². The van der Waals surface area contributed by atoms with Crippen LogP contribution in [-0.4, -0.2) is 27.3 Å². The zero-order valence-electron chi connectivity index (χ0n) is 16.5. The van der Waals surface area contributed by atoms with E-state index in [4.69, 9.17) is 4.98 Å². The van der Waals surface area contributed by atoms with E-state index in [1.807, 2.05) is 20.8 Å². The third-order valence-corrected chi connectivity index (χ3v) is 6.79. The lowest BCUT2D eigenvalue weighted by Crippen LogP contribution is -2.37. The highest BCUT2D eigenvalue weighted by atomic mass is 32.2. The molecule has 0 bridgehead atoms. The molecule has 0 spiro atoms. The highest BCUT2D eigenvalue weighted by Gasteiger charge is 2.18. The minimum absolute atomic E-state index is 0.0174. The summed E-state index contributed by atoms with van der Waals surface area (Å²) in [5, 5.41) is 4.38. The van der Waals surface area contributed by atoms with E-state index in [0.29, 0.717) is 17.6 Å². The highest BCUT2D eigenvalue weighted by Crippen LogP contribution is 2.28. The fourth-order valence-electron chi connectivity index (χ4n) is 2.52. The molecule has 0 aromatic carbocycles. The molecule has 0 saturated heterocycles. The molecule has 144 valence electrons. The molecule has 0 aliphatic heterocycles. The summed E-state index contributed by atoms with van der Waals surface area (Å²) in [5.41, 5.74) is 1.04. The molecule has 2 heterocycles. The Morgan fingerprint density at radius 3 is 2.62 bits per heavy atom. The number of aryl methyl sites for hydroxylation is 2. The van der Waals surface area contributed by atoms with Crippen LogP contribution in [0.2, 0.25) is 0 Å². The number of nitrogens with one attached hydrogen (secondary N) is 1. The van der Waals surface area contributed by atoms with Gasteiger partial charge in [-0.25, -0.2) is 4.98 Å². The van der Waals surface area contributed by atoms with Crippen LogP contribution in [0.25, 0.3) is 10.2 Å². The van der Waals surface area contributed by atoms with Gasteiger partial charge in [0.1, 0.15) is 4.83 Å². The number of amides is 1. The second kappa shape index (κ2) is 9.04. The maximum absolute atomic E-state index is 13.0. The van der Waals surface area contributed by atoms with E-state index < -0.39 is 0 Å². The second-order valence-corrected chi connectivity index (χ2v) is 9.20. The molecule has 1 unspecified atom stereocenters. The van der Waals surface area contributed by atoms with Gasteiger partial charge < -0.3 is 5.32 Å². The molecule has 0 aliphatic carbocycles. The average Bonchev–Trinajstić information content (AvgIpc) is 2.86. The number of nitrogens with zero attached hydrogens (tertiary/aromatic N) is 2. The lowest BCUT2D eigenvalue weighted by atomic mass is 10.1. The zero-order chi connectivity index (χ0) is 19.4. The Morgan fingerprint density at radius 1 is 1.31 bits per heavy atom. The smallest absolute Gasteiger partial charge is 0.263 e. The molecular weight excluding hydrogens is 366 g/mol. The van der Waals surface area contributed by atoms with Gasteiger partial charge in [-0.2, -0.15) is 0 Å². The molecule has 1 atom stereocenters. The van der Waals surface area contributed by atoms with Crippen molar-refractivity contribution in [2.45, 2.75) is 72.1 Å². The lowest BCUT2D eigenvalue weighted by molar-refractivity contribution is -0.119. The largest absolute Gasteiger partial charge is 0.353 e. The van der Waals surface area contributed by atoms with Crippen LogP contribution in [0, 0.1) is 19.8 Å². The third-order valence-electron chi connectivity index (χ3n) is 4.71. The number of rotatable bonds is 8. The van der Waals surface area contributed by atoms with E-state index in [2.05, 4.69) is 26.1 Å². The quantitative estimate of drug-likeness (QED) is 0.539. The topological polar surface area (TPSA) is 64.0 Å². The molecule has 1 amide bonds. The predicted molar refractivity (Wildman–Crippen MR) is 111 cm³/mol. The molecule has 2 rings (SSSR count). The number of aromatic nitrogens is 2. The zero-order valence-corrected chi connectivity index (χ0v) is 18.1. The van der Waals surface area contributed by atoms with Gasteiger partial charge in [-0.3, -0.25) is 14.2 Å². The highest BCUT2D eigenvalue weighted by molar-refractivity contribution is 7.99. The van der Waals surface area contributed by atoms with E-state index in [1.165, 1.54) is 11.8 Å². The maximum Gasteiger partial charge on any atom is 0.263 e. The molecule has 5 nitrogen and oxygen atoms in total. The molecule has 2 aromatic heterocycles. The van der Waals surface area contributed by atoms with Gasteiger partial charge in [-0.1, -0.05) is 39.0 Å². The van der Waals surface area contributed by atoms with E-state index >= 15 is 0 Å². The number of thiophene rings is 1. The Morgan fingerprint density at radius 2 is 2.00 bits per heavy atom. The molecule has 26 heavy (non-hydrogen) atoms. The maximum atomic E-state index is 13.0. The van der Waals surface area contributed by atoms with Crippen LogP contribution in [0.4, 0.5) is 0 Å². The van der Waals surface area contributed by atoms with Crippen molar-refractivity contribution < 1.29 is 4.79 Å². The summed E-state index contributed by atoms with van der Waals surface area (Å²) >= 11 is 2.90. The first-order valence-corrected chi connectivity index (χ1v) is 11.0. The molecular formula is C19H29N3O2S2. The van der Waals surface area contributed by atoms with Crippen molar-refractivity contribution in [3.8, 4) is 0 Å². The molecule has 0 saturated carbocycles. The standard InChI is InChI=1S/C19H29N3O2S2/c1-7-8-9-22-18(24)16-12(4)14(6)26-17(16)21-19(22)25-10-15(23)20-13(5)11(2)3/h11,13H,7-10H2,1-6H3,(H,20,23). The van der Waals surface area contributed by atoms with Gasteiger partial charge in [-0.05, 0) is 38.7 Å². The summed E-state index contributed by atoms with van der Waals surface area (Å²) in [6, 6.07) is 0.128. The van der Waals surface area contributed by atoms with Crippen LogP contribution < -0.4 is 10.9 Å². The molecule has 0 fully saturated rings. The number of fused-ring (bicyclic) bond motifs is 1. The molecule has 7 heteroatoms. The van der Waals surface area contributed by atoms with Gasteiger partial charge >= 0.3 is 0 Å². The minimum atomic E-state index is -0.0221. The van der Waals surface area contributed by atoms with Crippen LogP contribution in [0.15, 0.2) is 9.95 Å². The molecule has 2 aromatic rings. The van der Waals surface area contributed by atoms with Crippen molar-refractivity contribution in [1.29, 1.82) is 0 Å². The first-order valence-electron chi connectivity index (χ1n) is 9.18. The Bertz CT molecular complexity index is 839. The normalized spacial score (nSPS) is 12.7. The van der Waals surface area contributed by atoms with Gasteiger partial charge in [0.2, 0.25) is 5.91 Å². The molecule has 1 N–H and O–H groups in total. The summed E-state index contributed by atoms with van der Waals surface area (Å²) in [7, 11) is 0. The van der Waals surface area contributed by atoms with Gasteiger partial charge in [0.15, 0.2) is 5.16 Å². The van der Waals surface area contributed by atoms with E-state index in [1.54, 1.807) is 15.9 Å². The van der Waals surface area contributed by atoms with Crippen LogP contribution in [0.5, 0.6) is 0 Å². The predicted octanol–water partition coefficient (Wildman–Crippen LogP) is 4.13. The summed E-state index contributed by atoms with van der Waals surface area (Å²) in [4.78, 5) is 31.9. The van der Waals surface area contributed by atoms with Crippen molar-refractivity contribution in [2.75, 3.05) is 5.75 Å². The van der Waals surface area contributed by atoms with Crippen molar-refractivity contribution in [1.82, 2.24) is 14.9 Å². The molecule has 0 aliphatic rings. The van der Waals surface area contributed by atoms with Crippen LogP contribution in [0.1, 0.15) is 51.0 Å². The second-order valence-electron chi connectivity index (χ2n) is 7.06. The summed E-state index contributed by atoms with van der Waals surface area (Å²) in [6.07, 6.45) is 1.92. The van der Waals surface area contributed by atoms with E-state index in [0.717, 1.165) is 33.5 Å². The number of hydrogen-bond donors (Lipinski definition) is 1. The fourth-order valence-corrected chi connectivity index (χ4v) is 4.43. The number of carbonyl (C=O) groups is 1. The van der Waals surface area contributed by atoms with Gasteiger partial charge in [0.25, 0.3) is 5.56 Å². The van der Waals surface area contributed by atoms with Crippen LogP contribution in [0.3, 0.4) is 0 Å². The first-order chi connectivity index (χ1) is 12.3. The van der Waals surface area contributed by atoms with E-state index in [-0.39, 0.29) is 23.3 Å². The van der Waals surface area contributed by atoms with Gasteiger partial charge in [-0.15, -0.1) is 11.3 Å².